The van der Waals surface area contributed by atoms with Crippen LogP contribution in [0.25, 0.3) is 0 Å². The van der Waals surface area contributed by atoms with Crippen molar-refractivity contribution in [3.8, 4) is 0 Å². The second-order valence-corrected chi connectivity index (χ2v) is 6.98. The number of carbonyl (C=O) groups excluding carboxylic acids is 1. The molecule has 1 aromatic rings. The molecule has 1 aliphatic heterocycles. The number of nitrogens with zero attached hydrogens (tertiary/aromatic N) is 2. The van der Waals surface area contributed by atoms with Crippen molar-refractivity contribution in [2.45, 2.75) is 57.2 Å². The van der Waals surface area contributed by atoms with Crippen LogP contribution in [0.1, 0.15) is 44.2 Å². The number of hydrogen-bond donors (Lipinski definition) is 2. The number of pyridine rings is 1. The molecule has 1 aromatic heterocycles. The Morgan fingerprint density at radius 3 is 2.61 bits per heavy atom. The summed E-state index contributed by atoms with van der Waals surface area (Å²) < 4.78 is 0. The predicted molar refractivity (Wildman–Crippen MR) is 91.5 cm³/mol. The van der Waals surface area contributed by atoms with Crippen LogP contribution in [0.15, 0.2) is 18.3 Å². The number of urea groups is 1. The number of hydrogen-bond acceptors (Lipinski definition) is 3. The second-order valence-electron chi connectivity index (χ2n) is 6.54. The Hall–Kier alpha value is -1.33. The van der Waals surface area contributed by atoms with Gasteiger partial charge in [-0.3, -0.25) is 4.98 Å². The smallest absolute Gasteiger partial charge is 0.315 e. The lowest BCUT2D eigenvalue weighted by molar-refractivity contribution is 0.145. The van der Waals surface area contributed by atoms with E-state index in [0.29, 0.717) is 11.6 Å². The minimum absolute atomic E-state index is 0.110. The van der Waals surface area contributed by atoms with Crippen LogP contribution in [0.5, 0.6) is 0 Å². The van der Waals surface area contributed by atoms with Crippen LogP contribution < -0.4 is 10.6 Å². The molecule has 0 bridgehead atoms. The molecule has 0 aromatic carbocycles. The van der Waals surface area contributed by atoms with E-state index >= 15 is 0 Å². The third kappa shape index (κ3) is 4.82. The molecule has 0 spiro atoms. The third-order valence-electron chi connectivity index (χ3n) is 4.92. The highest BCUT2D eigenvalue weighted by atomic mass is 35.5. The lowest BCUT2D eigenvalue weighted by atomic mass is 10.0. The molecule has 1 aliphatic carbocycles. The van der Waals surface area contributed by atoms with Crippen molar-refractivity contribution in [2.75, 3.05) is 13.1 Å². The van der Waals surface area contributed by atoms with Gasteiger partial charge in [-0.05, 0) is 37.8 Å². The molecule has 5 nitrogen and oxygen atoms in total. The Kier molecular flexibility index (Phi) is 5.73. The van der Waals surface area contributed by atoms with E-state index in [-0.39, 0.29) is 12.1 Å². The van der Waals surface area contributed by atoms with Crippen LogP contribution in [0.2, 0.25) is 5.02 Å². The minimum Gasteiger partial charge on any atom is -0.335 e. The zero-order chi connectivity index (χ0) is 16.1. The Morgan fingerprint density at radius 1 is 1.22 bits per heavy atom. The maximum absolute atomic E-state index is 12.0. The van der Waals surface area contributed by atoms with Crippen molar-refractivity contribution in [2.24, 2.45) is 0 Å². The number of likely N-dealkylation sites (tertiary alicyclic amines) is 1. The molecule has 1 saturated carbocycles. The van der Waals surface area contributed by atoms with Gasteiger partial charge in [0.25, 0.3) is 0 Å². The maximum atomic E-state index is 12.0. The van der Waals surface area contributed by atoms with E-state index in [4.69, 9.17) is 11.6 Å². The van der Waals surface area contributed by atoms with Crippen molar-refractivity contribution in [3.63, 3.8) is 0 Å². The van der Waals surface area contributed by atoms with Gasteiger partial charge in [0, 0.05) is 31.4 Å². The fourth-order valence-corrected chi connectivity index (χ4v) is 3.71. The fourth-order valence-electron chi connectivity index (χ4n) is 3.60. The molecule has 2 heterocycles. The van der Waals surface area contributed by atoms with Crippen LogP contribution in [0.3, 0.4) is 0 Å². The number of piperidine rings is 1. The summed E-state index contributed by atoms with van der Waals surface area (Å²) in [6.45, 7) is 2.63. The SMILES string of the molecule is O=C(NCc1ccc(Cl)cn1)NC1CCN(C2CCCC2)CC1. The van der Waals surface area contributed by atoms with E-state index < -0.39 is 0 Å². The number of aromatic nitrogens is 1. The van der Waals surface area contributed by atoms with Gasteiger partial charge in [-0.15, -0.1) is 0 Å². The van der Waals surface area contributed by atoms with Crippen molar-refractivity contribution in [1.29, 1.82) is 0 Å². The molecule has 0 unspecified atom stereocenters. The van der Waals surface area contributed by atoms with Crippen molar-refractivity contribution in [3.05, 3.63) is 29.0 Å². The van der Waals surface area contributed by atoms with Crippen LogP contribution in [-0.2, 0) is 6.54 Å². The Morgan fingerprint density at radius 2 is 1.96 bits per heavy atom. The largest absolute Gasteiger partial charge is 0.335 e. The summed E-state index contributed by atoms with van der Waals surface area (Å²) in [6, 6.07) is 4.57. The number of amides is 2. The molecule has 0 radical (unpaired) electrons. The van der Waals surface area contributed by atoms with Crippen LogP contribution in [0, 0.1) is 0 Å². The van der Waals surface area contributed by atoms with E-state index in [9.17, 15) is 4.79 Å². The van der Waals surface area contributed by atoms with E-state index in [0.717, 1.165) is 37.7 Å². The summed E-state index contributed by atoms with van der Waals surface area (Å²) >= 11 is 5.80. The summed E-state index contributed by atoms with van der Waals surface area (Å²) in [5, 5.41) is 6.55. The summed E-state index contributed by atoms with van der Waals surface area (Å²) in [6.07, 6.45) is 9.15. The summed E-state index contributed by atoms with van der Waals surface area (Å²) in [5.41, 5.74) is 0.806. The Labute approximate surface area is 142 Å². The zero-order valence-electron chi connectivity index (χ0n) is 13.4. The number of halogens is 1. The molecule has 2 N–H and O–H groups in total. The normalized spacial score (nSPS) is 20.6. The quantitative estimate of drug-likeness (QED) is 0.888. The van der Waals surface area contributed by atoms with Gasteiger partial charge in [0.1, 0.15) is 0 Å². The van der Waals surface area contributed by atoms with Crippen molar-refractivity contribution >= 4 is 17.6 Å². The van der Waals surface area contributed by atoms with Gasteiger partial charge in [-0.25, -0.2) is 4.79 Å². The Balaban J connectivity index is 1.36. The lowest BCUT2D eigenvalue weighted by Crippen LogP contribution is -2.49. The minimum atomic E-state index is -0.110. The molecule has 1 saturated heterocycles. The first kappa shape index (κ1) is 16.5. The molecule has 2 amide bonds. The third-order valence-corrected chi connectivity index (χ3v) is 5.15. The van der Waals surface area contributed by atoms with Gasteiger partial charge in [0.15, 0.2) is 0 Å². The van der Waals surface area contributed by atoms with Gasteiger partial charge in [0.05, 0.1) is 17.3 Å². The van der Waals surface area contributed by atoms with E-state index in [1.807, 2.05) is 6.07 Å². The first-order valence-corrected chi connectivity index (χ1v) is 8.97. The van der Waals surface area contributed by atoms with E-state index in [1.165, 1.54) is 25.7 Å². The summed E-state index contributed by atoms with van der Waals surface area (Å²) in [5.74, 6) is 0. The molecular weight excluding hydrogens is 312 g/mol. The van der Waals surface area contributed by atoms with Gasteiger partial charge in [-0.1, -0.05) is 24.4 Å². The zero-order valence-corrected chi connectivity index (χ0v) is 14.2. The summed E-state index contributed by atoms with van der Waals surface area (Å²) in [4.78, 5) is 18.8. The van der Waals surface area contributed by atoms with Gasteiger partial charge in [-0.2, -0.15) is 0 Å². The second kappa shape index (κ2) is 7.97. The Bertz CT molecular complexity index is 508. The molecule has 3 rings (SSSR count). The maximum Gasteiger partial charge on any atom is 0.315 e. The van der Waals surface area contributed by atoms with E-state index in [2.05, 4.69) is 20.5 Å². The lowest BCUT2D eigenvalue weighted by Gasteiger charge is -2.36. The highest BCUT2D eigenvalue weighted by Crippen LogP contribution is 2.26. The molecule has 23 heavy (non-hydrogen) atoms. The molecule has 0 atom stereocenters. The number of nitrogens with one attached hydrogen (secondary N) is 2. The number of rotatable bonds is 4. The molecular formula is C17H25ClN4O. The van der Waals surface area contributed by atoms with Crippen LogP contribution in [0.4, 0.5) is 4.79 Å². The topological polar surface area (TPSA) is 57.3 Å². The predicted octanol–water partition coefficient (Wildman–Crippen LogP) is 2.94. The van der Waals surface area contributed by atoms with E-state index in [1.54, 1.807) is 12.3 Å². The molecule has 6 heteroatoms. The fraction of sp³-hybridized carbons (Fsp3) is 0.647. The highest BCUT2D eigenvalue weighted by Gasteiger charge is 2.27. The molecule has 2 aliphatic rings. The van der Waals surface area contributed by atoms with Gasteiger partial charge in [0.2, 0.25) is 0 Å². The standard InChI is InChI=1S/C17H25ClN4O/c18-13-5-6-15(19-11-13)12-20-17(23)21-14-7-9-22(10-8-14)16-3-1-2-4-16/h5-6,11,14,16H,1-4,7-10,12H2,(H2,20,21,23). The summed E-state index contributed by atoms with van der Waals surface area (Å²) in [7, 11) is 0. The molecule has 2 fully saturated rings. The van der Waals surface area contributed by atoms with Crippen LogP contribution in [-0.4, -0.2) is 41.1 Å². The first-order chi connectivity index (χ1) is 11.2. The average Bonchev–Trinajstić information content (AvgIpc) is 3.09. The van der Waals surface area contributed by atoms with Crippen molar-refractivity contribution < 1.29 is 4.79 Å². The average molecular weight is 337 g/mol. The van der Waals surface area contributed by atoms with Gasteiger partial charge >= 0.3 is 6.03 Å². The van der Waals surface area contributed by atoms with Crippen LogP contribution >= 0.6 is 11.6 Å². The highest BCUT2D eigenvalue weighted by molar-refractivity contribution is 6.30. The van der Waals surface area contributed by atoms with Gasteiger partial charge < -0.3 is 15.5 Å². The number of carbonyl (C=O) groups is 1. The molecule has 126 valence electrons. The van der Waals surface area contributed by atoms with Crippen molar-refractivity contribution in [1.82, 2.24) is 20.5 Å². The first-order valence-electron chi connectivity index (χ1n) is 8.59. The monoisotopic (exact) mass is 336 g/mol.